The third-order valence-electron chi connectivity index (χ3n) is 2.14. The van der Waals surface area contributed by atoms with Crippen LogP contribution >= 0.6 is 0 Å². The summed E-state index contributed by atoms with van der Waals surface area (Å²) in [4.78, 5) is 11.3. The van der Waals surface area contributed by atoms with Gasteiger partial charge in [-0.3, -0.25) is 4.79 Å². The summed E-state index contributed by atoms with van der Waals surface area (Å²) in [5, 5.41) is 2.54. The molecule has 1 aromatic carbocycles. The van der Waals surface area contributed by atoms with Crippen LogP contribution in [0.3, 0.4) is 0 Å². The number of rotatable bonds is 5. The zero-order valence-corrected chi connectivity index (χ0v) is 8.87. The van der Waals surface area contributed by atoms with Gasteiger partial charge in [-0.1, -0.05) is 38.0 Å². The number of carbonyl (C=O) groups is 1. The van der Waals surface area contributed by atoms with Crippen molar-refractivity contribution in [3.8, 4) is 0 Å². The van der Waals surface area contributed by atoms with Crippen molar-refractivity contribution in [3.05, 3.63) is 30.3 Å². The third-order valence-corrected chi connectivity index (χ3v) is 2.14. The van der Waals surface area contributed by atoms with Crippen LogP contribution < -0.4 is 5.32 Å². The third kappa shape index (κ3) is 4.11. The monoisotopic (exact) mass is 209 g/mol. The summed E-state index contributed by atoms with van der Waals surface area (Å²) >= 11 is 0. The van der Waals surface area contributed by atoms with Crippen LogP contribution in [0.4, 0.5) is 10.1 Å². The van der Waals surface area contributed by atoms with Gasteiger partial charge in [-0.2, -0.15) is 0 Å². The summed E-state index contributed by atoms with van der Waals surface area (Å²) in [6.45, 7) is 1.97. The Morgan fingerprint density at radius 2 is 2.07 bits per heavy atom. The second-order valence-electron chi connectivity index (χ2n) is 3.47. The van der Waals surface area contributed by atoms with Gasteiger partial charge in [0, 0.05) is 5.69 Å². The van der Waals surface area contributed by atoms with Gasteiger partial charge in [-0.25, -0.2) is 4.39 Å². The van der Waals surface area contributed by atoms with Crippen LogP contribution in [0.25, 0.3) is 0 Å². The van der Waals surface area contributed by atoms with Gasteiger partial charge < -0.3 is 5.32 Å². The Morgan fingerprint density at radius 3 is 2.67 bits per heavy atom. The van der Waals surface area contributed by atoms with E-state index in [1.807, 2.05) is 13.0 Å². The molecule has 0 aliphatic carbocycles. The Hall–Kier alpha value is -1.38. The van der Waals surface area contributed by atoms with E-state index >= 15 is 0 Å². The van der Waals surface area contributed by atoms with Crippen molar-refractivity contribution < 1.29 is 9.18 Å². The lowest BCUT2D eigenvalue weighted by Crippen LogP contribution is -2.23. The van der Waals surface area contributed by atoms with Crippen LogP contribution in [0.15, 0.2) is 30.3 Å². The highest BCUT2D eigenvalue weighted by Gasteiger charge is 2.15. The first kappa shape index (κ1) is 11.7. The second-order valence-corrected chi connectivity index (χ2v) is 3.47. The summed E-state index contributed by atoms with van der Waals surface area (Å²) in [5.41, 5.74) is 0.640. The van der Waals surface area contributed by atoms with E-state index in [1.54, 1.807) is 24.3 Å². The van der Waals surface area contributed by atoms with E-state index in [0.29, 0.717) is 12.1 Å². The minimum atomic E-state index is -1.40. The van der Waals surface area contributed by atoms with Gasteiger partial charge in [-0.15, -0.1) is 0 Å². The number of nitrogens with one attached hydrogen (secondary N) is 1. The smallest absolute Gasteiger partial charge is 0.258 e. The molecular weight excluding hydrogens is 193 g/mol. The Morgan fingerprint density at radius 1 is 1.40 bits per heavy atom. The molecule has 1 aromatic rings. The molecule has 1 rings (SSSR count). The molecule has 1 unspecified atom stereocenters. The van der Waals surface area contributed by atoms with Gasteiger partial charge in [0.25, 0.3) is 5.91 Å². The van der Waals surface area contributed by atoms with E-state index in [0.717, 1.165) is 12.8 Å². The fourth-order valence-electron chi connectivity index (χ4n) is 1.26. The van der Waals surface area contributed by atoms with E-state index in [-0.39, 0.29) is 0 Å². The van der Waals surface area contributed by atoms with E-state index in [4.69, 9.17) is 0 Å². The number of anilines is 1. The number of hydrogen-bond donors (Lipinski definition) is 1. The van der Waals surface area contributed by atoms with Crippen molar-refractivity contribution in [1.82, 2.24) is 0 Å². The maximum atomic E-state index is 13.3. The van der Waals surface area contributed by atoms with Crippen molar-refractivity contribution in [2.45, 2.75) is 32.4 Å². The number of amides is 1. The largest absolute Gasteiger partial charge is 0.324 e. The Labute approximate surface area is 89.5 Å². The second kappa shape index (κ2) is 6.17. The number of hydrogen-bond acceptors (Lipinski definition) is 1. The molecule has 82 valence electrons. The quantitative estimate of drug-likeness (QED) is 0.793. The van der Waals surface area contributed by atoms with Crippen molar-refractivity contribution in [2.24, 2.45) is 0 Å². The Bertz CT molecular complexity index is 300. The number of halogens is 1. The first-order valence-electron chi connectivity index (χ1n) is 5.24. The van der Waals surface area contributed by atoms with Crippen LogP contribution in [0, 0.1) is 0 Å². The zero-order valence-electron chi connectivity index (χ0n) is 8.87. The standard InChI is InChI=1S/C12H16FNO/c1-2-3-9-11(13)12(15)14-10-7-5-4-6-8-10/h4-8,11H,2-3,9H2,1H3,(H,14,15). The van der Waals surface area contributed by atoms with Gasteiger partial charge in [0.1, 0.15) is 0 Å². The zero-order chi connectivity index (χ0) is 11.1. The highest BCUT2D eigenvalue weighted by atomic mass is 19.1. The predicted octanol–water partition coefficient (Wildman–Crippen LogP) is 3.15. The average molecular weight is 209 g/mol. The van der Waals surface area contributed by atoms with Crippen LogP contribution in [0.5, 0.6) is 0 Å². The number of benzene rings is 1. The number of unbranched alkanes of at least 4 members (excludes halogenated alkanes) is 1. The van der Waals surface area contributed by atoms with E-state index in [9.17, 15) is 9.18 Å². The van der Waals surface area contributed by atoms with Crippen LogP contribution in [0.1, 0.15) is 26.2 Å². The Kier molecular flexibility index (Phi) is 4.81. The number of carbonyl (C=O) groups excluding carboxylic acids is 1. The van der Waals surface area contributed by atoms with Crippen molar-refractivity contribution in [3.63, 3.8) is 0 Å². The average Bonchev–Trinajstić information content (AvgIpc) is 2.27. The molecule has 0 saturated carbocycles. The fourth-order valence-corrected chi connectivity index (χ4v) is 1.26. The molecule has 0 spiro atoms. The van der Waals surface area contributed by atoms with E-state index < -0.39 is 12.1 Å². The maximum absolute atomic E-state index is 13.3. The first-order valence-corrected chi connectivity index (χ1v) is 5.24. The highest BCUT2D eigenvalue weighted by Crippen LogP contribution is 2.10. The molecular formula is C12H16FNO. The summed E-state index contributed by atoms with van der Waals surface area (Å²) < 4.78 is 13.3. The minimum Gasteiger partial charge on any atom is -0.324 e. The molecule has 0 heterocycles. The molecule has 0 aliphatic heterocycles. The lowest BCUT2D eigenvalue weighted by molar-refractivity contribution is -0.121. The minimum absolute atomic E-state index is 0.301. The topological polar surface area (TPSA) is 29.1 Å². The van der Waals surface area contributed by atoms with E-state index in [1.165, 1.54) is 0 Å². The lowest BCUT2D eigenvalue weighted by atomic mass is 10.1. The van der Waals surface area contributed by atoms with Gasteiger partial charge >= 0.3 is 0 Å². The van der Waals surface area contributed by atoms with Gasteiger partial charge in [0.2, 0.25) is 0 Å². The van der Waals surface area contributed by atoms with Gasteiger partial charge in [0.05, 0.1) is 0 Å². The van der Waals surface area contributed by atoms with Crippen molar-refractivity contribution in [1.29, 1.82) is 0 Å². The predicted molar refractivity (Wildman–Crippen MR) is 59.5 cm³/mol. The molecule has 0 aliphatic rings. The van der Waals surface area contributed by atoms with Crippen LogP contribution in [0.2, 0.25) is 0 Å². The maximum Gasteiger partial charge on any atom is 0.258 e. The van der Waals surface area contributed by atoms with Gasteiger partial charge in [0.15, 0.2) is 6.17 Å². The normalized spacial score (nSPS) is 12.1. The van der Waals surface area contributed by atoms with Crippen LogP contribution in [-0.2, 0) is 4.79 Å². The summed E-state index contributed by atoms with van der Waals surface area (Å²) in [6, 6.07) is 8.93. The molecule has 15 heavy (non-hydrogen) atoms. The fraction of sp³-hybridized carbons (Fsp3) is 0.417. The molecule has 1 amide bonds. The molecule has 1 N–H and O–H groups in total. The first-order chi connectivity index (χ1) is 7.24. The summed E-state index contributed by atoms with van der Waals surface area (Å²) in [6.07, 6.45) is 0.544. The number of para-hydroxylation sites is 1. The SMILES string of the molecule is CCCCC(F)C(=O)Nc1ccccc1. The summed E-state index contributed by atoms with van der Waals surface area (Å²) in [5.74, 6) is -0.547. The molecule has 0 bridgehead atoms. The van der Waals surface area contributed by atoms with Crippen molar-refractivity contribution in [2.75, 3.05) is 5.32 Å². The van der Waals surface area contributed by atoms with Crippen molar-refractivity contribution >= 4 is 11.6 Å². The number of alkyl halides is 1. The van der Waals surface area contributed by atoms with Crippen LogP contribution in [-0.4, -0.2) is 12.1 Å². The molecule has 0 aromatic heterocycles. The molecule has 3 heteroatoms. The molecule has 0 saturated heterocycles. The lowest BCUT2D eigenvalue weighted by Gasteiger charge is -2.08. The highest BCUT2D eigenvalue weighted by molar-refractivity contribution is 5.93. The Balaban J connectivity index is 2.42. The van der Waals surface area contributed by atoms with Gasteiger partial charge in [-0.05, 0) is 18.6 Å². The molecule has 1 atom stereocenters. The van der Waals surface area contributed by atoms with E-state index in [2.05, 4.69) is 5.32 Å². The molecule has 2 nitrogen and oxygen atoms in total. The molecule has 0 fully saturated rings. The summed E-state index contributed by atoms with van der Waals surface area (Å²) in [7, 11) is 0. The molecule has 0 radical (unpaired) electrons.